The molecular weight excluding hydrogens is 212 g/mol. The van der Waals surface area contributed by atoms with Gasteiger partial charge in [0.1, 0.15) is 11.6 Å². The molecular formula is C13H22N4. The maximum atomic E-state index is 5.96. The summed E-state index contributed by atoms with van der Waals surface area (Å²) in [7, 11) is 0. The Balaban J connectivity index is 2.15. The summed E-state index contributed by atoms with van der Waals surface area (Å²) in [5.41, 5.74) is 7.02. The summed E-state index contributed by atoms with van der Waals surface area (Å²) >= 11 is 0. The highest BCUT2D eigenvalue weighted by Crippen LogP contribution is 2.24. The SMILES string of the molecule is CCc1nc(C)cc(N2CCC(C(C)N)C2)n1. The van der Waals surface area contributed by atoms with E-state index in [1.54, 1.807) is 0 Å². The van der Waals surface area contributed by atoms with E-state index in [2.05, 4.69) is 34.8 Å². The quantitative estimate of drug-likeness (QED) is 0.861. The Morgan fingerprint density at radius 3 is 2.88 bits per heavy atom. The van der Waals surface area contributed by atoms with Crippen molar-refractivity contribution in [2.75, 3.05) is 18.0 Å². The fourth-order valence-corrected chi connectivity index (χ4v) is 2.36. The van der Waals surface area contributed by atoms with Gasteiger partial charge in [-0.25, -0.2) is 9.97 Å². The van der Waals surface area contributed by atoms with E-state index >= 15 is 0 Å². The van der Waals surface area contributed by atoms with Crippen molar-refractivity contribution in [3.05, 3.63) is 17.6 Å². The number of aryl methyl sites for hydroxylation is 2. The Labute approximate surface area is 103 Å². The van der Waals surface area contributed by atoms with Gasteiger partial charge in [-0.1, -0.05) is 6.92 Å². The first-order chi connectivity index (χ1) is 8.10. The second-order valence-electron chi connectivity index (χ2n) is 4.99. The first kappa shape index (κ1) is 12.3. The molecule has 0 spiro atoms. The summed E-state index contributed by atoms with van der Waals surface area (Å²) in [4.78, 5) is 11.4. The van der Waals surface area contributed by atoms with Gasteiger partial charge < -0.3 is 10.6 Å². The zero-order valence-electron chi connectivity index (χ0n) is 11.0. The Kier molecular flexibility index (Phi) is 3.62. The van der Waals surface area contributed by atoms with Crippen LogP contribution in [0.25, 0.3) is 0 Å². The van der Waals surface area contributed by atoms with E-state index in [9.17, 15) is 0 Å². The summed E-state index contributed by atoms with van der Waals surface area (Å²) in [6.45, 7) is 8.30. The molecule has 0 saturated carbocycles. The fraction of sp³-hybridized carbons (Fsp3) is 0.692. The van der Waals surface area contributed by atoms with Crippen LogP contribution in [0.1, 0.15) is 31.8 Å². The first-order valence-corrected chi connectivity index (χ1v) is 6.45. The third kappa shape index (κ3) is 2.75. The number of aromatic nitrogens is 2. The van der Waals surface area contributed by atoms with Crippen LogP contribution < -0.4 is 10.6 Å². The normalized spacial score (nSPS) is 21.9. The number of rotatable bonds is 3. The second kappa shape index (κ2) is 5.00. The molecule has 17 heavy (non-hydrogen) atoms. The maximum absolute atomic E-state index is 5.96. The van der Waals surface area contributed by atoms with E-state index in [0.717, 1.165) is 36.8 Å². The highest BCUT2D eigenvalue weighted by atomic mass is 15.2. The Hall–Kier alpha value is -1.16. The lowest BCUT2D eigenvalue weighted by atomic mass is 10.0. The standard InChI is InChI=1S/C13H22N4/c1-4-12-15-9(2)7-13(16-12)17-6-5-11(8-17)10(3)14/h7,10-11H,4-6,8,14H2,1-3H3. The first-order valence-electron chi connectivity index (χ1n) is 6.45. The van der Waals surface area contributed by atoms with Crippen LogP contribution in [-0.2, 0) is 6.42 Å². The molecule has 2 unspecified atom stereocenters. The Morgan fingerprint density at radius 2 is 2.29 bits per heavy atom. The van der Waals surface area contributed by atoms with Gasteiger partial charge in [-0.3, -0.25) is 0 Å². The van der Waals surface area contributed by atoms with Crippen LogP contribution in [0.2, 0.25) is 0 Å². The molecule has 2 heterocycles. The lowest BCUT2D eigenvalue weighted by Gasteiger charge is -2.19. The van der Waals surface area contributed by atoms with Crippen molar-refractivity contribution in [1.82, 2.24) is 9.97 Å². The van der Waals surface area contributed by atoms with Gasteiger partial charge in [-0.05, 0) is 26.2 Å². The van der Waals surface area contributed by atoms with Gasteiger partial charge in [0.05, 0.1) is 0 Å². The van der Waals surface area contributed by atoms with Crippen LogP contribution in [0.4, 0.5) is 5.82 Å². The van der Waals surface area contributed by atoms with Crippen molar-refractivity contribution in [3.63, 3.8) is 0 Å². The molecule has 4 heteroatoms. The number of anilines is 1. The Bertz CT molecular complexity index is 389. The minimum Gasteiger partial charge on any atom is -0.356 e. The number of hydrogen-bond donors (Lipinski definition) is 1. The Morgan fingerprint density at radius 1 is 1.53 bits per heavy atom. The molecule has 2 N–H and O–H groups in total. The number of nitrogens with zero attached hydrogens (tertiary/aromatic N) is 3. The molecule has 1 aliphatic rings. The van der Waals surface area contributed by atoms with Gasteiger partial charge >= 0.3 is 0 Å². The summed E-state index contributed by atoms with van der Waals surface area (Å²) in [5.74, 6) is 2.59. The van der Waals surface area contributed by atoms with Crippen LogP contribution >= 0.6 is 0 Å². The lowest BCUT2D eigenvalue weighted by molar-refractivity contribution is 0.488. The molecule has 0 amide bonds. The topological polar surface area (TPSA) is 55.0 Å². The van der Waals surface area contributed by atoms with Crippen LogP contribution in [0.3, 0.4) is 0 Å². The zero-order valence-corrected chi connectivity index (χ0v) is 11.0. The highest BCUT2D eigenvalue weighted by Gasteiger charge is 2.26. The molecule has 4 nitrogen and oxygen atoms in total. The second-order valence-corrected chi connectivity index (χ2v) is 4.99. The smallest absolute Gasteiger partial charge is 0.132 e. The molecule has 2 atom stereocenters. The maximum Gasteiger partial charge on any atom is 0.132 e. The highest BCUT2D eigenvalue weighted by molar-refractivity contribution is 5.41. The molecule has 0 radical (unpaired) electrons. The third-order valence-electron chi connectivity index (χ3n) is 3.50. The minimum absolute atomic E-state index is 0.272. The largest absolute Gasteiger partial charge is 0.356 e. The fourth-order valence-electron chi connectivity index (χ4n) is 2.36. The monoisotopic (exact) mass is 234 g/mol. The van der Waals surface area contributed by atoms with Gasteiger partial charge in [-0.2, -0.15) is 0 Å². The van der Waals surface area contributed by atoms with E-state index in [1.165, 1.54) is 6.42 Å². The number of hydrogen-bond acceptors (Lipinski definition) is 4. The summed E-state index contributed by atoms with van der Waals surface area (Å²) in [6.07, 6.45) is 2.06. The predicted molar refractivity (Wildman–Crippen MR) is 70.1 cm³/mol. The van der Waals surface area contributed by atoms with Crippen LogP contribution in [-0.4, -0.2) is 29.1 Å². The van der Waals surface area contributed by atoms with E-state index in [0.29, 0.717) is 5.92 Å². The van der Waals surface area contributed by atoms with Crippen molar-refractivity contribution in [3.8, 4) is 0 Å². The average Bonchev–Trinajstić information content (AvgIpc) is 2.77. The molecule has 0 bridgehead atoms. The van der Waals surface area contributed by atoms with Crippen molar-refractivity contribution in [2.45, 2.75) is 39.7 Å². The molecule has 0 aliphatic carbocycles. The van der Waals surface area contributed by atoms with Gasteiger partial charge in [-0.15, -0.1) is 0 Å². The third-order valence-corrected chi connectivity index (χ3v) is 3.50. The van der Waals surface area contributed by atoms with Gasteiger partial charge in [0.15, 0.2) is 0 Å². The molecule has 0 aromatic carbocycles. The van der Waals surface area contributed by atoms with E-state index in [-0.39, 0.29) is 6.04 Å². The van der Waals surface area contributed by atoms with Crippen molar-refractivity contribution in [2.24, 2.45) is 11.7 Å². The van der Waals surface area contributed by atoms with Crippen molar-refractivity contribution >= 4 is 5.82 Å². The van der Waals surface area contributed by atoms with E-state index in [1.807, 2.05) is 6.92 Å². The summed E-state index contributed by atoms with van der Waals surface area (Å²) in [5, 5.41) is 0. The van der Waals surface area contributed by atoms with Gasteiger partial charge in [0, 0.05) is 37.3 Å². The molecule has 1 fully saturated rings. The predicted octanol–water partition coefficient (Wildman–Crippen LogP) is 1.52. The molecule has 94 valence electrons. The van der Waals surface area contributed by atoms with Gasteiger partial charge in [0.25, 0.3) is 0 Å². The van der Waals surface area contributed by atoms with E-state index < -0.39 is 0 Å². The van der Waals surface area contributed by atoms with Crippen LogP contribution in [0, 0.1) is 12.8 Å². The zero-order chi connectivity index (χ0) is 12.4. The average molecular weight is 234 g/mol. The molecule has 1 aromatic heterocycles. The van der Waals surface area contributed by atoms with Crippen molar-refractivity contribution < 1.29 is 0 Å². The van der Waals surface area contributed by atoms with Crippen LogP contribution in [0.15, 0.2) is 6.07 Å². The summed E-state index contributed by atoms with van der Waals surface area (Å²) < 4.78 is 0. The van der Waals surface area contributed by atoms with Crippen LogP contribution in [0.5, 0.6) is 0 Å². The van der Waals surface area contributed by atoms with Gasteiger partial charge in [0.2, 0.25) is 0 Å². The lowest BCUT2D eigenvalue weighted by Crippen LogP contribution is -2.30. The summed E-state index contributed by atoms with van der Waals surface area (Å²) in [6, 6.07) is 2.34. The molecule has 1 aromatic rings. The van der Waals surface area contributed by atoms with Crippen molar-refractivity contribution in [1.29, 1.82) is 0 Å². The molecule has 2 rings (SSSR count). The molecule has 1 aliphatic heterocycles. The number of nitrogens with two attached hydrogens (primary N) is 1. The minimum atomic E-state index is 0.272. The van der Waals surface area contributed by atoms with E-state index in [4.69, 9.17) is 5.73 Å². The molecule has 1 saturated heterocycles.